The maximum absolute atomic E-state index is 12.8. The van der Waals surface area contributed by atoms with E-state index in [0.717, 1.165) is 10.4 Å². The Morgan fingerprint density at radius 2 is 2.11 bits per heavy atom. The number of anilines is 4. The number of carbonyl (C=O) groups is 1. The molecule has 0 saturated carbocycles. The van der Waals surface area contributed by atoms with Crippen LogP contribution in [-0.2, 0) is 13.0 Å². The van der Waals surface area contributed by atoms with Crippen LogP contribution in [0.1, 0.15) is 16.1 Å². The molecular weight excluding hydrogens is 494 g/mol. The normalized spacial score (nSPS) is 12.9. The predicted molar refractivity (Wildman–Crippen MR) is 131 cm³/mol. The van der Waals surface area contributed by atoms with E-state index in [-0.39, 0.29) is 11.9 Å². The number of para-hydroxylation sites is 1. The minimum Gasteiger partial charge on any atom is -0.493 e. The van der Waals surface area contributed by atoms with Crippen molar-refractivity contribution in [3.63, 3.8) is 0 Å². The number of carbonyl (C=O) groups excluding carboxylic acids is 1. The molecule has 1 aliphatic rings. The number of rotatable bonds is 8. The van der Waals surface area contributed by atoms with Crippen LogP contribution < -0.4 is 20.7 Å². The van der Waals surface area contributed by atoms with E-state index < -0.39 is 13.0 Å². The summed E-state index contributed by atoms with van der Waals surface area (Å²) in [6.45, 7) is -0.00969. The number of nitrogens with one attached hydrogen (secondary N) is 4. The van der Waals surface area contributed by atoms with Crippen molar-refractivity contribution in [2.24, 2.45) is 0 Å². The number of benzene rings is 1. The summed E-state index contributed by atoms with van der Waals surface area (Å²) in [7, 11) is 1.51. The van der Waals surface area contributed by atoms with Crippen molar-refractivity contribution in [3.05, 3.63) is 59.0 Å². The van der Waals surface area contributed by atoms with Crippen LogP contribution >= 0.6 is 11.6 Å². The van der Waals surface area contributed by atoms with E-state index in [0.29, 0.717) is 57.9 Å². The lowest BCUT2D eigenvalue weighted by molar-refractivity contribution is 0.0946. The molecule has 1 aromatic carbocycles. The molecule has 0 spiro atoms. The Kier molecular flexibility index (Phi) is 6.42. The summed E-state index contributed by atoms with van der Waals surface area (Å²) in [5.74, 6) is 0.734. The van der Waals surface area contributed by atoms with Crippen molar-refractivity contribution in [2.45, 2.75) is 19.4 Å². The van der Waals surface area contributed by atoms with Gasteiger partial charge in [0.05, 0.1) is 40.5 Å². The quantitative estimate of drug-likeness (QED) is 0.275. The minimum absolute atomic E-state index is 0.207. The molecule has 4 N–H and O–H groups in total. The number of ether oxygens (including phenoxy) is 1. The molecule has 10 nitrogen and oxygen atoms in total. The summed E-state index contributed by atoms with van der Waals surface area (Å²) < 4.78 is 31.8. The molecule has 0 bridgehead atoms. The summed E-state index contributed by atoms with van der Waals surface area (Å²) in [6.07, 6.45) is 1.08. The third-order valence-corrected chi connectivity index (χ3v) is 5.81. The number of methoxy groups -OCH3 is 1. The Morgan fingerprint density at radius 3 is 2.92 bits per heavy atom. The van der Waals surface area contributed by atoms with Crippen LogP contribution in [0.3, 0.4) is 0 Å². The first-order valence-electron chi connectivity index (χ1n) is 11.0. The fourth-order valence-corrected chi connectivity index (χ4v) is 4.24. The molecule has 4 aromatic rings. The number of nitrogens with zero attached hydrogens (tertiary/aromatic N) is 4. The van der Waals surface area contributed by atoms with Crippen LogP contribution in [0.2, 0.25) is 5.02 Å². The molecule has 3 aromatic heterocycles. The fourth-order valence-electron chi connectivity index (χ4n) is 3.99. The second kappa shape index (κ2) is 9.82. The zero-order valence-corrected chi connectivity index (χ0v) is 19.7. The Hall–Kier alpha value is -4.19. The number of aromatic nitrogens is 5. The van der Waals surface area contributed by atoms with Gasteiger partial charge in [0.15, 0.2) is 11.6 Å². The smallest absolute Gasteiger partial charge is 0.257 e. The highest BCUT2D eigenvalue weighted by Gasteiger charge is 2.28. The second-order valence-electron chi connectivity index (χ2n) is 7.88. The van der Waals surface area contributed by atoms with Gasteiger partial charge in [0, 0.05) is 37.1 Å². The average Bonchev–Trinajstić information content (AvgIpc) is 3.44. The van der Waals surface area contributed by atoms with E-state index in [9.17, 15) is 13.6 Å². The highest BCUT2D eigenvalue weighted by molar-refractivity contribution is 6.32. The van der Waals surface area contributed by atoms with Crippen molar-refractivity contribution in [3.8, 4) is 17.1 Å². The van der Waals surface area contributed by atoms with Gasteiger partial charge in [-0.25, -0.2) is 18.7 Å². The van der Waals surface area contributed by atoms with Gasteiger partial charge in [-0.15, -0.1) is 0 Å². The predicted octanol–water partition coefficient (Wildman–Crippen LogP) is 4.37. The number of fused-ring (bicyclic) bond motifs is 1. The van der Waals surface area contributed by atoms with Crippen molar-refractivity contribution in [2.75, 3.05) is 24.3 Å². The lowest BCUT2D eigenvalue weighted by atomic mass is 10.1. The first-order chi connectivity index (χ1) is 17.4. The zero-order valence-electron chi connectivity index (χ0n) is 19.0. The van der Waals surface area contributed by atoms with Gasteiger partial charge in [0.2, 0.25) is 5.95 Å². The Balaban J connectivity index is 1.52. The first kappa shape index (κ1) is 23.5. The largest absolute Gasteiger partial charge is 0.493 e. The highest BCUT2D eigenvalue weighted by Crippen LogP contribution is 2.40. The highest BCUT2D eigenvalue weighted by atomic mass is 35.5. The zero-order chi connectivity index (χ0) is 25.2. The summed E-state index contributed by atoms with van der Waals surface area (Å²) in [4.78, 5) is 24.9. The SMILES string of the molecule is COc1c(Cl)cccc1Nc1c(-c2ccnc(Nc3ccn(CC(F)F)n3)n2)[nH]c2c1C(=O)NCC2. The molecule has 0 atom stereocenters. The van der Waals surface area contributed by atoms with Crippen LogP contribution in [-0.4, -0.2) is 50.7 Å². The minimum atomic E-state index is -2.52. The third-order valence-electron chi connectivity index (χ3n) is 5.51. The lowest BCUT2D eigenvalue weighted by Crippen LogP contribution is -2.31. The number of halogens is 3. The summed E-state index contributed by atoms with van der Waals surface area (Å²) in [5, 5.41) is 13.6. The molecule has 5 rings (SSSR count). The van der Waals surface area contributed by atoms with Gasteiger partial charge in [-0.3, -0.25) is 9.48 Å². The molecule has 1 aliphatic heterocycles. The van der Waals surface area contributed by atoms with Gasteiger partial charge >= 0.3 is 0 Å². The summed E-state index contributed by atoms with van der Waals surface area (Å²) >= 11 is 6.30. The maximum atomic E-state index is 12.8. The van der Waals surface area contributed by atoms with Gasteiger partial charge in [0.25, 0.3) is 12.3 Å². The van der Waals surface area contributed by atoms with Crippen molar-refractivity contribution in [1.29, 1.82) is 0 Å². The van der Waals surface area contributed by atoms with E-state index in [1.54, 1.807) is 36.5 Å². The van der Waals surface area contributed by atoms with Crippen LogP contribution in [0.25, 0.3) is 11.4 Å². The van der Waals surface area contributed by atoms with Crippen molar-refractivity contribution < 1.29 is 18.3 Å². The summed E-state index contributed by atoms with van der Waals surface area (Å²) in [6, 6.07) is 8.50. The average molecular weight is 515 g/mol. The van der Waals surface area contributed by atoms with E-state index in [1.165, 1.54) is 13.3 Å². The van der Waals surface area contributed by atoms with E-state index >= 15 is 0 Å². The number of aromatic amines is 1. The molecule has 0 radical (unpaired) electrons. The summed E-state index contributed by atoms with van der Waals surface area (Å²) in [5.41, 5.74) is 3.36. The second-order valence-corrected chi connectivity index (χ2v) is 8.29. The molecule has 4 heterocycles. The lowest BCUT2D eigenvalue weighted by Gasteiger charge is -2.17. The third kappa shape index (κ3) is 4.67. The van der Waals surface area contributed by atoms with Gasteiger partial charge in [-0.1, -0.05) is 17.7 Å². The van der Waals surface area contributed by atoms with Crippen molar-refractivity contribution >= 4 is 40.6 Å². The Bertz CT molecular complexity index is 1420. The Labute approximate surface area is 209 Å². The monoisotopic (exact) mass is 514 g/mol. The maximum Gasteiger partial charge on any atom is 0.257 e. The molecule has 0 unspecified atom stereocenters. The Morgan fingerprint density at radius 1 is 1.25 bits per heavy atom. The first-order valence-corrected chi connectivity index (χ1v) is 11.4. The van der Waals surface area contributed by atoms with Crippen LogP contribution in [0, 0.1) is 0 Å². The number of H-pyrrole nitrogens is 1. The van der Waals surface area contributed by atoms with E-state index in [2.05, 4.69) is 36.0 Å². The standard InChI is InChI=1S/C23H21ClF2N8O2/c1-36-21-12(24)3-2-4-15(21)30-20-18-13(5-8-27-22(18)35)29-19(20)14-6-9-28-23(31-14)32-17-7-10-34(33-17)11-16(25)26/h2-4,6-7,9-10,16,29-30H,5,8,11H2,1H3,(H,27,35)(H,28,31,32,33). The van der Waals surface area contributed by atoms with Crippen molar-refractivity contribution in [1.82, 2.24) is 30.0 Å². The topological polar surface area (TPSA) is 122 Å². The number of hydrogen-bond acceptors (Lipinski definition) is 7. The fraction of sp³-hybridized carbons (Fsp3) is 0.217. The van der Waals surface area contributed by atoms with E-state index in [1.807, 2.05) is 0 Å². The molecule has 13 heteroatoms. The van der Waals surface area contributed by atoms with Gasteiger partial charge in [-0.05, 0) is 18.2 Å². The number of amides is 1. The van der Waals surface area contributed by atoms with Gasteiger partial charge < -0.3 is 25.7 Å². The molecule has 186 valence electrons. The molecule has 0 saturated heterocycles. The molecule has 36 heavy (non-hydrogen) atoms. The number of hydrogen-bond donors (Lipinski definition) is 4. The van der Waals surface area contributed by atoms with Crippen LogP contribution in [0.4, 0.5) is 31.9 Å². The van der Waals surface area contributed by atoms with Gasteiger partial charge in [0.1, 0.15) is 6.54 Å². The molecule has 1 amide bonds. The van der Waals surface area contributed by atoms with E-state index in [4.69, 9.17) is 16.3 Å². The number of alkyl halides is 2. The van der Waals surface area contributed by atoms with Crippen LogP contribution in [0.15, 0.2) is 42.7 Å². The molecule has 0 fully saturated rings. The molecule has 0 aliphatic carbocycles. The van der Waals surface area contributed by atoms with Gasteiger partial charge in [-0.2, -0.15) is 5.10 Å². The van der Waals surface area contributed by atoms with Crippen LogP contribution in [0.5, 0.6) is 5.75 Å². The molecular formula is C23H21ClF2N8O2.